The molecule has 1 rings (SSSR count). The van der Waals surface area contributed by atoms with Crippen molar-refractivity contribution in [1.29, 1.82) is 0 Å². The minimum Gasteiger partial charge on any atom is -0.508 e. The molecule has 0 aliphatic carbocycles. The molecule has 0 heterocycles. The van der Waals surface area contributed by atoms with Crippen molar-refractivity contribution in [2.24, 2.45) is 28.1 Å². The van der Waals surface area contributed by atoms with E-state index in [1.807, 2.05) is 6.92 Å². The Morgan fingerprint density at radius 3 is 2.03 bits per heavy atom. The number of carbonyl (C=O) groups is 4. The van der Waals surface area contributed by atoms with Crippen molar-refractivity contribution >= 4 is 29.7 Å². The molecule has 0 saturated carbocycles. The number of amides is 3. The maximum Gasteiger partial charge on any atom is 0.326 e. The van der Waals surface area contributed by atoms with Crippen LogP contribution in [0.5, 0.6) is 5.75 Å². The van der Waals surface area contributed by atoms with Gasteiger partial charge in [-0.1, -0.05) is 32.4 Å². The zero-order valence-corrected chi connectivity index (χ0v) is 21.6. The Morgan fingerprint density at radius 1 is 0.947 bits per heavy atom. The molecular weight excluding hydrogens is 498 g/mol. The number of aromatic hydroxyl groups is 1. The summed E-state index contributed by atoms with van der Waals surface area (Å²) in [5, 5.41) is 36.0. The highest BCUT2D eigenvalue weighted by Crippen LogP contribution is 2.12. The van der Waals surface area contributed by atoms with Crippen LogP contribution in [0.25, 0.3) is 0 Å². The first-order chi connectivity index (χ1) is 17.9. The summed E-state index contributed by atoms with van der Waals surface area (Å²) in [6, 6.07) is 0.946. The second-order valence-corrected chi connectivity index (χ2v) is 8.94. The number of aliphatic hydroxyl groups is 1. The number of aliphatic imine (C=N–C) groups is 1. The number of hydrogen-bond donors (Lipinski definition) is 9. The van der Waals surface area contributed by atoms with Gasteiger partial charge in [0.15, 0.2) is 5.96 Å². The molecule has 0 aliphatic heterocycles. The van der Waals surface area contributed by atoms with Gasteiger partial charge < -0.3 is 48.5 Å². The summed E-state index contributed by atoms with van der Waals surface area (Å²) >= 11 is 0. The number of carbonyl (C=O) groups excluding carboxylic acids is 3. The summed E-state index contributed by atoms with van der Waals surface area (Å²) in [6.07, 6.45) is 0.815. The molecule has 212 valence electrons. The third kappa shape index (κ3) is 11.0. The van der Waals surface area contributed by atoms with Gasteiger partial charge in [-0.2, -0.15) is 0 Å². The van der Waals surface area contributed by atoms with E-state index >= 15 is 0 Å². The monoisotopic (exact) mass is 537 g/mol. The zero-order valence-electron chi connectivity index (χ0n) is 21.6. The van der Waals surface area contributed by atoms with E-state index in [4.69, 9.17) is 17.2 Å². The fourth-order valence-corrected chi connectivity index (χ4v) is 3.36. The topological polar surface area (TPSA) is 255 Å². The van der Waals surface area contributed by atoms with Gasteiger partial charge in [0, 0.05) is 13.0 Å². The standard InChI is InChI=1S/C24H39N7O7/c1-3-13(2)19(25)22(36)31-18(12-32)21(35)29-16(5-4-10-28-24(26)27)20(34)30-17(23(37)38)11-14-6-8-15(33)9-7-14/h6-9,13,16-19,32-33H,3-5,10-12,25H2,1-2H3,(H,29,35)(H,30,34)(H,31,36)(H,37,38)(H4,26,27,28). The van der Waals surface area contributed by atoms with Crippen molar-refractivity contribution in [3.8, 4) is 5.75 Å². The number of nitrogens with zero attached hydrogens (tertiary/aromatic N) is 1. The highest BCUT2D eigenvalue weighted by Gasteiger charge is 2.30. The van der Waals surface area contributed by atoms with E-state index in [0.717, 1.165) is 0 Å². The van der Waals surface area contributed by atoms with Crippen LogP contribution in [0.2, 0.25) is 0 Å². The Kier molecular flexibility index (Phi) is 13.6. The van der Waals surface area contributed by atoms with Crippen LogP contribution >= 0.6 is 0 Å². The van der Waals surface area contributed by atoms with Gasteiger partial charge in [-0.3, -0.25) is 19.4 Å². The predicted octanol–water partition coefficient (Wildman–Crippen LogP) is -2.11. The Hall–Kier alpha value is -3.91. The van der Waals surface area contributed by atoms with Crippen LogP contribution in [0.1, 0.15) is 38.7 Å². The van der Waals surface area contributed by atoms with Crippen LogP contribution in [-0.2, 0) is 25.6 Å². The quantitative estimate of drug-likeness (QED) is 0.0630. The molecule has 0 aromatic heterocycles. The minimum absolute atomic E-state index is 0.00356. The molecule has 0 fully saturated rings. The van der Waals surface area contributed by atoms with E-state index in [9.17, 15) is 34.5 Å². The molecule has 0 spiro atoms. The van der Waals surface area contributed by atoms with E-state index in [0.29, 0.717) is 12.0 Å². The molecule has 5 atom stereocenters. The highest BCUT2D eigenvalue weighted by atomic mass is 16.4. The summed E-state index contributed by atoms with van der Waals surface area (Å²) in [5.41, 5.74) is 17.1. The third-order valence-corrected chi connectivity index (χ3v) is 5.94. The lowest BCUT2D eigenvalue weighted by Crippen LogP contribution is -2.58. The largest absolute Gasteiger partial charge is 0.508 e. The molecule has 12 N–H and O–H groups in total. The summed E-state index contributed by atoms with van der Waals surface area (Å²) in [7, 11) is 0. The summed E-state index contributed by atoms with van der Waals surface area (Å²) in [5.74, 6) is -3.93. The molecule has 0 radical (unpaired) electrons. The number of aliphatic hydroxyl groups excluding tert-OH is 1. The first-order valence-corrected chi connectivity index (χ1v) is 12.2. The fraction of sp³-hybridized carbons (Fsp3) is 0.542. The van der Waals surface area contributed by atoms with Gasteiger partial charge in [0.1, 0.15) is 23.9 Å². The first kappa shape index (κ1) is 32.1. The molecule has 3 amide bonds. The van der Waals surface area contributed by atoms with Crippen molar-refractivity contribution in [2.45, 2.75) is 63.7 Å². The van der Waals surface area contributed by atoms with Crippen LogP contribution in [0.3, 0.4) is 0 Å². The maximum atomic E-state index is 13.1. The second kappa shape index (κ2) is 16.0. The number of hydrogen-bond acceptors (Lipinski definition) is 8. The number of carboxylic acid groups (broad SMARTS) is 1. The van der Waals surface area contributed by atoms with E-state index in [-0.39, 0.29) is 43.4 Å². The average Bonchev–Trinajstić information content (AvgIpc) is 2.88. The van der Waals surface area contributed by atoms with Crippen molar-refractivity contribution in [2.75, 3.05) is 13.2 Å². The zero-order chi connectivity index (χ0) is 28.8. The summed E-state index contributed by atoms with van der Waals surface area (Å²) in [6.45, 7) is 3.01. The second-order valence-electron chi connectivity index (χ2n) is 8.94. The molecule has 1 aromatic rings. The highest BCUT2D eigenvalue weighted by molar-refractivity contribution is 5.94. The first-order valence-electron chi connectivity index (χ1n) is 12.2. The van der Waals surface area contributed by atoms with Gasteiger partial charge in [0.05, 0.1) is 12.6 Å². The van der Waals surface area contributed by atoms with Crippen LogP contribution in [0.4, 0.5) is 0 Å². The van der Waals surface area contributed by atoms with Crippen LogP contribution in [0, 0.1) is 5.92 Å². The van der Waals surface area contributed by atoms with Crippen molar-refractivity contribution in [3.63, 3.8) is 0 Å². The van der Waals surface area contributed by atoms with Gasteiger partial charge in [-0.05, 0) is 36.5 Å². The Bertz CT molecular complexity index is 967. The van der Waals surface area contributed by atoms with Gasteiger partial charge in [0.2, 0.25) is 17.7 Å². The van der Waals surface area contributed by atoms with E-state index in [2.05, 4.69) is 20.9 Å². The van der Waals surface area contributed by atoms with Crippen molar-refractivity contribution in [3.05, 3.63) is 29.8 Å². The number of aliphatic carboxylic acids is 1. The number of nitrogens with two attached hydrogens (primary N) is 3. The number of benzene rings is 1. The lowest BCUT2D eigenvalue weighted by atomic mass is 9.99. The summed E-state index contributed by atoms with van der Waals surface area (Å²) in [4.78, 5) is 53.9. The lowest BCUT2D eigenvalue weighted by molar-refractivity contribution is -0.142. The molecule has 14 heteroatoms. The Morgan fingerprint density at radius 2 is 1.50 bits per heavy atom. The van der Waals surface area contributed by atoms with Crippen molar-refractivity contribution < 1.29 is 34.5 Å². The van der Waals surface area contributed by atoms with Gasteiger partial charge in [0.25, 0.3) is 0 Å². The minimum atomic E-state index is -1.39. The molecular formula is C24H39N7O7. The van der Waals surface area contributed by atoms with Gasteiger partial charge in [-0.15, -0.1) is 0 Å². The third-order valence-electron chi connectivity index (χ3n) is 5.94. The maximum absolute atomic E-state index is 13.1. The molecule has 38 heavy (non-hydrogen) atoms. The van der Waals surface area contributed by atoms with E-state index in [1.165, 1.54) is 24.3 Å². The smallest absolute Gasteiger partial charge is 0.326 e. The Labute approximate surface area is 221 Å². The lowest BCUT2D eigenvalue weighted by Gasteiger charge is -2.25. The number of nitrogens with one attached hydrogen (secondary N) is 3. The van der Waals surface area contributed by atoms with Gasteiger partial charge >= 0.3 is 5.97 Å². The average molecular weight is 538 g/mol. The van der Waals surface area contributed by atoms with Crippen molar-refractivity contribution in [1.82, 2.24) is 16.0 Å². The number of guanidine groups is 1. The Balaban J connectivity index is 3.00. The van der Waals surface area contributed by atoms with Crippen LogP contribution < -0.4 is 33.2 Å². The fourth-order valence-electron chi connectivity index (χ4n) is 3.36. The molecule has 14 nitrogen and oxygen atoms in total. The van der Waals surface area contributed by atoms with Crippen LogP contribution in [-0.4, -0.2) is 82.3 Å². The molecule has 0 saturated heterocycles. The number of phenols is 1. The SMILES string of the molecule is CCC(C)C(N)C(=O)NC(CO)C(=O)NC(CCCN=C(N)N)C(=O)NC(Cc1ccc(O)cc1)C(=O)O. The number of rotatable bonds is 16. The number of carboxylic acids is 1. The van der Waals surface area contributed by atoms with Crippen LogP contribution in [0.15, 0.2) is 29.3 Å². The molecule has 1 aromatic carbocycles. The number of phenolic OH excluding ortho intramolecular Hbond substituents is 1. The molecule has 0 bridgehead atoms. The normalized spacial score (nSPS) is 14.7. The molecule has 5 unspecified atom stereocenters. The van der Waals surface area contributed by atoms with E-state index in [1.54, 1.807) is 6.92 Å². The predicted molar refractivity (Wildman–Crippen MR) is 140 cm³/mol. The van der Waals surface area contributed by atoms with E-state index < -0.39 is 54.5 Å². The molecule has 0 aliphatic rings. The summed E-state index contributed by atoms with van der Waals surface area (Å²) < 4.78 is 0. The van der Waals surface area contributed by atoms with Gasteiger partial charge in [-0.25, -0.2) is 4.79 Å².